The molecule has 3 aromatic rings. The van der Waals surface area contributed by atoms with Gasteiger partial charge in [-0.1, -0.05) is 0 Å². The highest BCUT2D eigenvalue weighted by Crippen LogP contribution is 2.18. The number of nitrogens with zero attached hydrogens (tertiary/aromatic N) is 4. The number of aromatic nitrogens is 4. The van der Waals surface area contributed by atoms with E-state index in [0.717, 1.165) is 17.6 Å². The lowest BCUT2D eigenvalue weighted by Crippen LogP contribution is -2.36. The molecule has 0 radical (unpaired) electrons. The number of carbonyl (C=O) groups is 1. The molecular weight excluding hydrogens is 306 g/mol. The van der Waals surface area contributed by atoms with E-state index in [1.807, 2.05) is 29.6 Å². The molecule has 124 valence electrons. The normalized spacial score (nSPS) is 18.7. The van der Waals surface area contributed by atoms with E-state index in [1.165, 1.54) is 0 Å². The van der Waals surface area contributed by atoms with Crippen LogP contribution in [0.5, 0.6) is 0 Å². The minimum Gasteiger partial charge on any atom is -0.379 e. The van der Waals surface area contributed by atoms with Gasteiger partial charge in [0.1, 0.15) is 5.69 Å². The second-order valence-electron chi connectivity index (χ2n) is 6.04. The Labute approximate surface area is 139 Å². The molecule has 0 bridgehead atoms. The molecule has 1 amide bonds. The molecule has 7 heteroatoms. The summed E-state index contributed by atoms with van der Waals surface area (Å²) in [5.41, 5.74) is 2.66. The van der Waals surface area contributed by atoms with Crippen molar-refractivity contribution in [2.45, 2.75) is 6.42 Å². The maximum absolute atomic E-state index is 12.6. The van der Waals surface area contributed by atoms with Crippen LogP contribution in [0.1, 0.15) is 16.2 Å². The van der Waals surface area contributed by atoms with Gasteiger partial charge < -0.3 is 14.0 Å². The van der Waals surface area contributed by atoms with Crippen LogP contribution in [0.2, 0.25) is 0 Å². The lowest BCUT2D eigenvalue weighted by molar-refractivity contribution is 0.0731. The monoisotopic (exact) mass is 325 g/mol. The number of aromatic amines is 1. The first-order valence-corrected chi connectivity index (χ1v) is 8.08. The number of rotatable bonds is 3. The van der Waals surface area contributed by atoms with E-state index in [4.69, 9.17) is 4.74 Å². The van der Waals surface area contributed by atoms with Gasteiger partial charge in [-0.15, -0.1) is 0 Å². The first-order valence-electron chi connectivity index (χ1n) is 8.08. The average Bonchev–Trinajstić information content (AvgIpc) is 3.24. The lowest BCUT2D eigenvalue weighted by Gasteiger charge is -2.23. The fourth-order valence-corrected chi connectivity index (χ4v) is 3.19. The van der Waals surface area contributed by atoms with E-state index in [-0.39, 0.29) is 11.8 Å². The number of hydrogen-bond acceptors (Lipinski definition) is 4. The highest BCUT2D eigenvalue weighted by Gasteiger charge is 2.25. The Balaban J connectivity index is 1.52. The summed E-state index contributed by atoms with van der Waals surface area (Å²) in [4.78, 5) is 18.9. The number of hydrogen-bond donors (Lipinski definition) is 1. The SMILES string of the molecule is O=C(c1ccn[nH]1)N1CCOC[C@@H](Cc2nccn3cccc23)C1. The van der Waals surface area contributed by atoms with Crippen molar-refractivity contribution in [1.82, 2.24) is 24.5 Å². The Bertz CT molecular complexity index is 827. The van der Waals surface area contributed by atoms with E-state index >= 15 is 0 Å². The Hall–Kier alpha value is -2.67. The van der Waals surface area contributed by atoms with Crippen molar-refractivity contribution in [1.29, 1.82) is 0 Å². The fraction of sp³-hybridized carbons (Fsp3) is 0.353. The van der Waals surface area contributed by atoms with E-state index < -0.39 is 0 Å². The van der Waals surface area contributed by atoms with Gasteiger partial charge in [-0.2, -0.15) is 5.10 Å². The average molecular weight is 325 g/mol. The molecule has 1 atom stereocenters. The third-order valence-electron chi connectivity index (χ3n) is 4.37. The van der Waals surface area contributed by atoms with Crippen LogP contribution in [-0.4, -0.2) is 56.7 Å². The molecule has 0 aromatic carbocycles. The summed E-state index contributed by atoms with van der Waals surface area (Å²) in [5.74, 6) is 0.185. The maximum Gasteiger partial charge on any atom is 0.271 e. The number of ether oxygens (including phenoxy) is 1. The van der Waals surface area contributed by atoms with Crippen LogP contribution < -0.4 is 0 Å². The highest BCUT2D eigenvalue weighted by molar-refractivity contribution is 5.92. The molecule has 1 fully saturated rings. The maximum atomic E-state index is 12.6. The summed E-state index contributed by atoms with van der Waals surface area (Å²) < 4.78 is 7.78. The van der Waals surface area contributed by atoms with Crippen LogP contribution in [0.4, 0.5) is 0 Å². The van der Waals surface area contributed by atoms with Crippen molar-refractivity contribution in [2.75, 3.05) is 26.3 Å². The molecule has 1 aliphatic rings. The van der Waals surface area contributed by atoms with Crippen molar-refractivity contribution in [3.05, 3.63) is 54.4 Å². The molecule has 3 aromatic heterocycles. The highest BCUT2D eigenvalue weighted by atomic mass is 16.5. The number of H-pyrrole nitrogens is 1. The summed E-state index contributed by atoms with van der Waals surface area (Å²) in [6.07, 6.45) is 8.14. The van der Waals surface area contributed by atoms with Crippen LogP contribution in [0, 0.1) is 5.92 Å². The fourth-order valence-electron chi connectivity index (χ4n) is 3.19. The van der Waals surface area contributed by atoms with E-state index in [0.29, 0.717) is 32.0 Å². The summed E-state index contributed by atoms with van der Waals surface area (Å²) in [6, 6.07) is 5.78. The zero-order valence-electron chi connectivity index (χ0n) is 13.3. The summed E-state index contributed by atoms with van der Waals surface area (Å²) in [6.45, 7) is 2.44. The smallest absolute Gasteiger partial charge is 0.271 e. The van der Waals surface area contributed by atoms with E-state index in [9.17, 15) is 4.79 Å². The van der Waals surface area contributed by atoms with Gasteiger partial charge >= 0.3 is 0 Å². The zero-order valence-corrected chi connectivity index (χ0v) is 13.3. The molecule has 1 saturated heterocycles. The van der Waals surface area contributed by atoms with Crippen LogP contribution in [0.3, 0.4) is 0 Å². The second-order valence-corrected chi connectivity index (χ2v) is 6.04. The van der Waals surface area contributed by atoms with Crippen LogP contribution in [0.25, 0.3) is 5.52 Å². The van der Waals surface area contributed by atoms with Crippen LogP contribution >= 0.6 is 0 Å². The number of nitrogens with one attached hydrogen (secondary N) is 1. The van der Waals surface area contributed by atoms with E-state index in [1.54, 1.807) is 12.3 Å². The first-order chi connectivity index (χ1) is 11.8. The Kier molecular flexibility index (Phi) is 4.00. The van der Waals surface area contributed by atoms with Gasteiger partial charge in [-0.05, 0) is 24.6 Å². The Morgan fingerprint density at radius 1 is 1.33 bits per heavy atom. The predicted octanol–water partition coefficient (Wildman–Crippen LogP) is 1.39. The largest absolute Gasteiger partial charge is 0.379 e. The minimum absolute atomic E-state index is 0.0307. The quantitative estimate of drug-likeness (QED) is 0.789. The molecule has 0 saturated carbocycles. The zero-order chi connectivity index (χ0) is 16.4. The van der Waals surface area contributed by atoms with Gasteiger partial charge in [0.05, 0.1) is 24.4 Å². The topological polar surface area (TPSA) is 75.5 Å². The number of carbonyl (C=O) groups excluding carboxylic acids is 1. The molecule has 1 aliphatic heterocycles. The summed E-state index contributed by atoms with van der Waals surface area (Å²) >= 11 is 0. The third kappa shape index (κ3) is 2.90. The molecule has 24 heavy (non-hydrogen) atoms. The van der Waals surface area contributed by atoms with Gasteiger partial charge in [0.2, 0.25) is 0 Å². The van der Waals surface area contributed by atoms with Gasteiger partial charge in [-0.25, -0.2) is 0 Å². The van der Waals surface area contributed by atoms with Gasteiger partial charge in [-0.3, -0.25) is 14.9 Å². The van der Waals surface area contributed by atoms with Crippen molar-refractivity contribution >= 4 is 11.4 Å². The minimum atomic E-state index is -0.0307. The van der Waals surface area contributed by atoms with Crippen LogP contribution in [0.15, 0.2) is 43.0 Å². The Morgan fingerprint density at radius 3 is 3.17 bits per heavy atom. The molecule has 0 spiro atoms. The van der Waals surface area contributed by atoms with Gasteiger partial charge in [0.15, 0.2) is 0 Å². The predicted molar refractivity (Wildman–Crippen MR) is 87.7 cm³/mol. The lowest BCUT2D eigenvalue weighted by atomic mass is 10.0. The standard InChI is InChI=1S/C17H19N5O2/c23-17(14-3-4-19-20-14)22-8-9-24-12-13(11-22)10-15-16-2-1-6-21(16)7-5-18-15/h1-7,13H,8-12H2,(H,19,20)/t13-/m0/s1. The second kappa shape index (κ2) is 6.45. The Morgan fingerprint density at radius 2 is 2.29 bits per heavy atom. The van der Waals surface area contributed by atoms with Crippen LogP contribution in [-0.2, 0) is 11.2 Å². The van der Waals surface area contributed by atoms with Crippen molar-refractivity contribution in [3.63, 3.8) is 0 Å². The first kappa shape index (κ1) is 14.9. The third-order valence-corrected chi connectivity index (χ3v) is 4.37. The van der Waals surface area contributed by atoms with E-state index in [2.05, 4.69) is 25.6 Å². The van der Waals surface area contributed by atoms with Gasteiger partial charge in [0.25, 0.3) is 5.91 Å². The molecule has 4 heterocycles. The van der Waals surface area contributed by atoms with Crippen molar-refractivity contribution in [3.8, 4) is 0 Å². The number of fused-ring (bicyclic) bond motifs is 1. The van der Waals surface area contributed by atoms with Gasteiger partial charge in [0, 0.05) is 43.8 Å². The molecule has 4 rings (SSSR count). The number of amides is 1. The molecule has 0 aliphatic carbocycles. The summed E-state index contributed by atoms with van der Waals surface area (Å²) in [5, 5.41) is 6.60. The van der Waals surface area contributed by atoms with Crippen molar-refractivity contribution < 1.29 is 9.53 Å². The van der Waals surface area contributed by atoms with Crippen molar-refractivity contribution in [2.24, 2.45) is 5.92 Å². The molecule has 0 unspecified atom stereocenters. The molecule has 1 N–H and O–H groups in total. The molecular formula is C17H19N5O2. The summed E-state index contributed by atoms with van der Waals surface area (Å²) in [7, 11) is 0. The molecule has 7 nitrogen and oxygen atoms in total.